The van der Waals surface area contributed by atoms with E-state index in [9.17, 15) is 8.78 Å². The van der Waals surface area contributed by atoms with Crippen molar-refractivity contribution in [3.05, 3.63) is 50.9 Å². The van der Waals surface area contributed by atoms with Crippen molar-refractivity contribution >= 4 is 45.9 Å². The van der Waals surface area contributed by atoms with Gasteiger partial charge in [0.1, 0.15) is 17.5 Å². The summed E-state index contributed by atoms with van der Waals surface area (Å²) in [6.07, 6.45) is 1.62. The van der Waals surface area contributed by atoms with Crippen LogP contribution in [-0.4, -0.2) is 33.3 Å². The maximum absolute atomic E-state index is 14.3. The fraction of sp³-hybridized carbons (Fsp3) is 0.316. The largest absolute Gasteiger partial charge is 0.365 e. The molecular formula is C19H20F2IN7. The van der Waals surface area contributed by atoms with E-state index in [0.29, 0.717) is 47.8 Å². The number of aromatic nitrogens is 4. The lowest BCUT2D eigenvalue weighted by atomic mass is 10.1. The van der Waals surface area contributed by atoms with Gasteiger partial charge in [-0.05, 0) is 40.6 Å². The number of anilines is 4. The molecule has 0 atom stereocenters. The first-order valence-electron chi connectivity index (χ1n) is 9.23. The molecule has 152 valence electrons. The number of aromatic amines is 1. The minimum Gasteiger partial charge on any atom is -0.365 e. The van der Waals surface area contributed by atoms with Crippen LogP contribution in [0.1, 0.15) is 31.0 Å². The van der Waals surface area contributed by atoms with Gasteiger partial charge in [-0.15, -0.1) is 0 Å². The molecule has 3 heterocycles. The zero-order chi connectivity index (χ0) is 20.5. The Kier molecular flexibility index (Phi) is 5.52. The topological polar surface area (TPSA) is 81.8 Å². The van der Waals surface area contributed by atoms with Crippen molar-refractivity contribution in [2.24, 2.45) is 0 Å². The summed E-state index contributed by atoms with van der Waals surface area (Å²) in [7, 11) is 0. The molecule has 29 heavy (non-hydrogen) atoms. The summed E-state index contributed by atoms with van der Waals surface area (Å²) in [6.45, 7) is 5.57. The number of rotatable bonds is 5. The number of H-pyrrole nitrogens is 1. The molecule has 7 nitrogen and oxygen atoms in total. The van der Waals surface area contributed by atoms with Gasteiger partial charge in [-0.2, -0.15) is 5.10 Å². The number of fused-ring (bicyclic) bond motifs is 1. The molecule has 0 spiro atoms. The van der Waals surface area contributed by atoms with E-state index >= 15 is 0 Å². The van der Waals surface area contributed by atoms with Gasteiger partial charge in [-0.3, -0.25) is 5.10 Å². The molecule has 0 fully saturated rings. The summed E-state index contributed by atoms with van der Waals surface area (Å²) in [6, 6.07) is 4.22. The zero-order valence-corrected chi connectivity index (χ0v) is 18.1. The Labute approximate surface area is 180 Å². The van der Waals surface area contributed by atoms with E-state index in [4.69, 9.17) is 0 Å². The van der Waals surface area contributed by atoms with Crippen LogP contribution in [0.15, 0.2) is 24.4 Å². The molecule has 1 aliphatic heterocycles. The molecule has 0 saturated heterocycles. The van der Waals surface area contributed by atoms with Crippen molar-refractivity contribution in [3.63, 3.8) is 0 Å². The van der Waals surface area contributed by atoms with Crippen molar-refractivity contribution in [2.75, 3.05) is 28.6 Å². The van der Waals surface area contributed by atoms with E-state index in [1.165, 1.54) is 0 Å². The van der Waals surface area contributed by atoms with E-state index < -0.39 is 11.6 Å². The van der Waals surface area contributed by atoms with Crippen LogP contribution in [0.5, 0.6) is 0 Å². The molecular weight excluding hydrogens is 491 g/mol. The standard InChI is InChI=1S/C19H20F2IN7/c1-10(2)14-7-15(28-27-14)25-16-8-24-18-19(26-16)29(6-5-23-18)9-11-12(20)3-4-13(21)17(11)22/h3-4,7-8,10H,5-6,9H2,1-2H3,(H,23,24)(H2,25,26,27,28). The lowest BCUT2D eigenvalue weighted by molar-refractivity contribution is 0.573. The van der Waals surface area contributed by atoms with Crippen molar-refractivity contribution in [1.29, 1.82) is 0 Å². The van der Waals surface area contributed by atoms with Gasteiger partial charge in [0.15, 0.2) is 17.5 Å². The first kappa shape index (κ1) is 19.8. The average Bonchev–Trinajstić information content (AvgIpc) is 3.17. The summed E-state index contributed by atoms with van der Waals surface area (Å²) < 4.78 is 28.5. The minimum atomic E-state index is -0.434. The van der Waals surface area contributed by atoms with Gasteiger partial charge in [-0.25, -0.2) is 18.7 Å². The highest BCUT2D eigenvalue weighted by molar-refractivity contribution is 14.1. The molecule has 4 rings (SSSR count). The van der Waals surface area contributed by atoms with Crippen LogP contribution >= 0.6 is 22.6 Å². The number of nitrogens with zero attached hydrogens (tertiary/aromatic N) is 4. The molecule has 10 heteroatoms. The highest BCUT2D eigenvalue weighted by Crippen LogP contribution is 2.30. The predicted molar refractivity (Wildman–Crippen MR) is 117 cm³/mol. The van der Waals surface area contributed by atoms with E-state index in [1.807, 2.05) is 33.6 Å². The van der Waals surface area contributed by atoms with Crippen LogP contribution in [0.25, 0.3) is 0 Å². The Balaban J connectivity index is 1.61. The summed E-state index contributed by atoms with van der Waals surface area (Å²) >= 11 is 1.84. The maximum atomic E-state index is 14.3. The molecule has 2 aromatic heterocycles. The van der Waals surface area contributed by atoms with Gasteiger partial charge in [0.2, 0.25) is 0 Å². The first-order valence-corrected chi connectivity index (χ1v) is 10.3. The Morgan fingerprint density at radius 3 is 2.83 bits per heavy atom. The summed E-state index contributed by atoms with van der Waals surface area (Å²) in [5, 5.41) is 13.6. The molecule has 0 bridgehead atoms. The van der Waals surface area contributed by atoms with Crippen LogP contribution < -0.4 is 15.5 Å². The van der Waals surface area contributed by atoms with E-state index in [-0.39, 0.29) is 10.1 Å². The maximum Gasteiger partial charge on any atom is 0.174 e. The monoisotopic (exact) mass is 511 g/mol. The summed E-state index contributed by atoms with van der Waals surface area (Å²) in [5.74, 6) is 1.89. The van der Waals surface area contributed by atoms with Gasteiger partial charge in [0, 0.05) is 31.3 Å². The number of nitrogens with one attached hydrogen (secondary N) is 3. The Morgan fingerprint density at radius 2 is 2.07 bits per heavy atom. The lowest BCUT2D eigenvalue weighted by Crippen LogP contribution is -2.35. The smallest absolute Gasteiger partial charge is 0.174 e. The average molecular weight is 511 g/mol. The Hall–Kier alpha value is -2.50. The molecule has 3 N–H and O–H groups in total. The van der Waals surface area contributed by atoms with Gasteiger partial charge in [-0.1, -0.05) is 13.8 Å². The van der Waals surface area contributed by atoms with Crippen LogP contribution in [0, 0.1) is 15.2 Å². The normalized spacial score (nSPS) is 13.4. The Morgan fingerprint density at radius 1 is 1.28 bits per heavy atom. The van der Waals surface area contributed by atoms with Crippen molar-refractivity contribution in [3.8, 4) is 0 Å². The molecule has 1 aromatic carbocycles. The fourth-order valence-electron chi connectivity index (χ4n) is 3.09. The van der Waals surface area contributed by atoms with Gasteiger partial charge in [0.05, 0.1) is 15.5 Å². The van der Waals surface area contributed by atoms with Crippen LogP contribution in [0.4, 0.5) is 32.1 Å². The Bertz CT molecular complexity index is 1040. The summed E-state index contributed by atoms with van der Waals surface area (Å²) in [5.41, 5.74) is 1.26. The molecule has 3 aromatic rings. The second kappa shape index (κ2) is 8.09. The third-order valence-corrected chi connectivity index (χ3v) is 5.83. The van der Waals surface area contributed by atoms with Gasteiger partial charge >= 0.3 is 0 Å². The predicted octanol–water partition coefficient (Wildman–Crippen LogP) is 4.38. The van der Waals surface area contributed by atoms with E-state index in [0.717, 1.165) is 17.8 Å². The van der Waals surface area contributed by atoms with Crippen LogP contribution in [0.3, 0.4) is 0 Å². The van der Waals surface area contributed by atoms with Gasteiger partial charge < -0.3 is 15.5 Å². The fourth-order valence-corrected chi connectivity index (χ4v) is 3.70. The zero-order valence-electron chi connectivity index (χ0n) is 15.9. The number of halogens is 3. The number of hydrogen-bond donors (Lipinski definition) is 3. The quantitative estimate of drug-likeness (QED) is 0.349. The number of hydrogen-bond acceptors (Lipinski definition) is 6. The summed E-state index contributed by atoms with van der Waals surface area (Å²) in [4.78, 5) is 11.0. The molecule has 0 aliphatic carbocycles. The van der Waals surface area contributed by atoms with E-state index in [1.54, 1.807) is 6.20 Å². The van der Waals surface area contributed by atoms with Crippen LogP contribution in [0.2, 0.25) is 0 Å². The minimum absolute atomic E-state index is 0.205. The number of benzene rings is 1. The van der Waals surface area contributed by atoms with Crippen LogP contribution in [-0.2, 0) is 6.54 Å². The van der Waals surface area contributed by atoms with Crippen molar-refractivity contribution in [2.45, 2.75) is 26.3 Å². The molecule has 0 radical (unpaired) electrons. The molecule has 0 saturated carbocycles. The third kappa shape index (κ3) is 4.11. The molecule has 0 unspecified atom stereocenters. The van der Waals surface area contributed by atoms with E-state index in [2.05, 4.69) is 44.6 Å². The van der Waals surface area contributed by atoms with Gasteiger partial charge in [0.25, 0.3) is 0 Å². The SMILES string of the molecule is CC(C)c1cc(Nc2cnc3c(n2)N(Cc2c(F)ccc(F)c2I)CCN3)[nH]n1. The first-order chi connectivity index (χ1) is 13.9. The molecule has 0 amide bonds. The highest BCUT2D eigenvalue weighted by Gasteiger charge is 2.23. The van der Waals surface area contributed by atoms with Crippen molar-refractivity contribution < 1.29 is 8.78 Å². The third-order valence-electron chi connectivity index (χ3n) is 4.67. The highest BCUT2D eigenvalue weighted by atomic mass is 127. The second-order valence-corrected chi connectivity index (χ2v) is 8.16. The second-order valence-electron chi connectivity index (χ2n) is 7.08. The van der Waals surface area contributed by atoms with Crippen molar-refractivity contribution in [1.82, 2.24) is 20.2 Å². The lowest BCUT2D eigenvalue weighted by Gasteiger charge is -2.30. The molecule has 1 aliphatic rings.